The fourth-order valence-corrected chi connectivity index (χ4v) is 4.92. The number of nitrogens with zero attached hydrogens (tertiary/aromatic N) is 1. The number of imide groups is 1. The monoisotopic (exact) mass is 600 g/mol. The van der Waals surface area contributed by atoms with E-state index in [0.29, 0.717) is 44.5 Å². The van der Waals surface area contributed by atoms with Crippen molar-refractivity contribution in [3.63, 3.8) is 0 Å². The molecular weight excluding hydrogens is 580 g/mol. The molecule has 10 heteroatoms. The molecule has 0 spiro atoms. The molecule has 4 rings (SSSR count). The van der Waals surface area contributed by atoms with Gasteiger partial charge in [0.25, 0.3) is 17.1 Å². The molecule has 3 amide bonds. The zero-order valence-corrected chi connectivity index (χ0v) is 23.1. The first-order chi connectivity index (χ1) is 17.7. The lowest BCUT2D eigenvalue weighted by atomic mass is 10.1. The molecule has 0 aromatic heterocycles. The van der Waals surface area contributed by atoms with Crippen molar-refractivity contribution < 1.29 is 23.9 Å². The van der Waals surface area contributed by atoms with Gasteiger partial charge in [-0.15, -0.1) is 0 Å². The molecule has 1 N–H and O–H groups in total. The van der Waals surface area contributed by atoms with Crippen LogP contribution in [0.2, 0.25) is 5.02 Å². The zero-order valence-electron chi connectivity index (χ0n) is 19.9. The molecule has 1 saturated heterocycles. The molecule has 1 aliphatic rings. The van der Waals surface area contributed by atoms with Crippen LogP contribution in [0.15, 0.2) is 70.0 Å². The maximum Gasteiger partial charge on any atom is 0.298 e. The van der Waals surface area contributed by atoms with Gasteiger partial charge in [-0.1, -0.05) is 51.3 Å². The highest BCUT2D eigenvalue weighted by atomic mass is 79.9. The summed E-state index contributed by atoms with van der Waals surface area (Å²) in [5.74, 6) is -0.0115. The van der Waals surface area contributed by atoms with Crippen molar-refractivity contribution >= 4 is 73.8 Å². The Morgan fingerprint density at radius 3 is 2.51 bits per heavy atom. The van der Waals surface area contributed by atoms with Crippen LogP contribution in [0.1, 0.15) is 18.1 Å². The van der Waals surface area contributed by atoms with Crippen LogP contribution in [-0.4, -0.2) is 30.3 Å². The van der Waals surface area contributed by atoms with E-state index in [-0.39, 0.29) is 17.4 Å². The largest absolute Gasteiger partial charge is 0.490 e. The number of hydrogen-bond acceptors (Lipinski definition) is 6. The normalized spacial score (nSPS) is 14.3. The van der Waals surface area contributed by atoms with E-state index < -0.39 is 11.1 Å². The predicted molar refractivity (Wildman–Crippen MR) is 151 cm³/mol. The minimum absolute atomic E-state index is 0.224. The number of aryl methyl sites for hydroxylation is 1. The van der Waals surface area contributed by atoms with Crippen LogP contribution in [0.4, 0.5) is 16.2 Å². The maximum absolute atomic E-state index is 13.0. The highest BCUT2D eigenvalue weighted by Gasteiger charge is 2.36. The van der Waals surface area contributed by atoms with Gasteiger partial charge in [0.05, 0.1) is 17.2 Å². The Hall–Kier alpha value is -3.27. The first kappa shape index (κ1) is 26.8. The molecular formula is C27H22BrClN2O5S. The Morgan fingerprint density at radius 1 is 1.08 bits per heavy atom. The van der Waals surface area contributed by atoms with E-state index in [1.807, 2.05) is 38.1 Å². The zero-order chi connectivity index (χ0) is 26.5. The molecule has 0 saturated carbocycles. The second-order valence-electron chi connectivity index (χ2n) is 7.95. The van der Waals surface area contributed by atoms with E-state index in [4.69, 9.17) is 21.1 Å². The van der Waals surface area contributed by atoms with E-state index in [9.17, 15) is 14.4 Å². The minimum atomic E-state index is -0.449. The summed E-state index contributed by atoms with van der Waals surface area (Å²) < 4.78 is 12.1. The third kappa shape index (κ3) is 6.54. The van der Waals surface area contributed by atoms with Gasteiger partial charge >= 0.3 is 0 Å². The Kier molecular flexibility index (Phi) is 8.58. The Morgan fingerprint density at radius 2 is 1.81 bits per heavy atom. The number of anilines is 2. The number of thioether (sulfide) groups is 1. The molecule has 0 radical (unpaired) electrons. The van der Waals surface area contributed by atoms with Crippen molar-refractivity contribution in [1.82, 2.24) is 0 Å². The summed E-state index contributed by atoms with van der Waals surface area (Å²) in [6.07, 6.45) is 1.61. The first-order valence-electron chi connectivity index (χ1n) is 11.2. The Labute approximate surface area is 231 Å². The van der Waals surface area contributed by atoms with Crippen molar-refractivity contribution in [2.75, 3.05) is 23.4 Å². The van der Waals surface area contributed by atoms with E-state index in [2.05, 4.69) is 21.2 Å². The number of carbonyl (C=O) groups excluding carboxylic acids is 3. The van der Waals surface area contributed by atoms with Crippen LogP contribution >= 0.6 is 39.3 Å². The molecule has 0 unspecified atom stereocenters. The van der Waals surface area contributed by atoms with Crippen LogP contribution in [0.3, 0.4) is 0 Å². The van der Waals surface area contributed by atoms with Crippen molar-refractivity contribution in [3.05, 3.63) is 86.2 Å². The number of amides is 3. The van der Waals surface area contributed by atoms with Gasteiger partial charge in [0.1, 0.15) is 0 Å². The number of carbonyl (C=O) groups is 3. The summed E-state index contributed by atoms with van der Waals surface area (Å²) in [6, 6.07) is 17.4. The second kappa shape index (κ2) is 11.9. The quantitative estimate of drug-likeness (QED) is 0.278. The van der Waals surface area contributed by atoms with E-state index in [1.165, 1.54) is 0 Å². The third-order valence-electron chi connectivity index (χ3n) is 5.20. The van der Waals surface area contributed by atoms with Crippen LogP contribution in [-0.2, 0) is 9.59 Å². The molecule has 1 aliphatic heterocycles. The number of benzene rings is 3. The summed E-state index contributed by atoms with van der Waals surface area (Å²) in [7, 11) is 0. The average molecular weight is 602 g/mol. The number of hydrogen-bond donors (Lipinski definition) is 1. The van der Waals surface area contributed by atoms with E-state index >= 15 is 0 Å². The van der Waals surface area contributed by atoms with Gasteiger partial charge in [0, 0.05) is 15.2 Å². The standard InChI is InChI=1S/C27H22BrClN2O5S/c1-3-35-22-11-17(12-24-26(33)31(27(34)37-24)20-6-4-5-18(29)13-20)21(28)14-23(22)36-15-25(32)30-19-9-7-16(2)8-10-19/h4-14H,3,15H2,1-2H3,(H,30,32)/b24-12+. The molecule has 3 aromatic rings. The molecule has 0 atom stereocenters. The molecule has 0 bridgehead atoms. The average Bonchev–Trinajstić information content (AvgIpc) is 3.14. The Balaban J connectivity index is 1.52. The lowest BCUT2D eigenvalue weighted by molar-refractivity contribution is -0.118. The van der Waals surface area contributed by atoms with Gasteiger partial charge in [-0.05, 0) is 79.7 Å². The molecule has 7 nitrogen and oxygen atoms in total. The van der Waals surface area contributed by atoms with Crippen molar-refractivity contribution in [2.24, 2.45) is 0 Å². The molecule has 3 aromatic carbocycles. The minimum Gasteiger partial charge on any atom is -0.490 e. The van der Waals surface area contributed by atoms with Gasteiger partial charge in [-0.25, -0.2) is 4.90 Å². The van der Waals surface area contributed by atoms with Gasteiger partial charge in [-0.3, -0.25) is 14.4 Å². The summed E-state index contributed by atoms with van der Waals surface area (Å²) in [5.41, 5.74) is 2.78. The van der Waals surface area contributed by atoms with Gasteiger partial charge in [-0.2, -0.15) is 0 Å². The molecule has 1 fully saturated rings. The third-order valence-corrected chi connectivity index (χ3v) is 7.00. The van der Waals surface area contributed by atoms with Crippen molar-refractivity contribution in [3.8, 4) is 11.5 Å². The van der Waals surface area contributed by atoms with Crippen LogP contribution in [0.5, 0.6) is 11.5 Å². The fourth-order valence-electron chi connectivity index (χ4n) is 3.47. The molecule has 0 aliphatic carbocycles. The van der Waals surface area contributed by atoms with Crippen LogP contribution < -0.4 is 19.7 Å². The van der Waals surface area contributed by atoms with Crippen molar-refractivity contribution in [2.45, 2.75) is 13.8 Å². The number of ether oxygens (including phenoxy) is 2. The first-order valence-corrected chi connectivity index (χ1v) is 13.2. The molecule has 1 heterocycles. The topological polar surface area (TPSA) is 84.9 Å². The number of rotatable bonds is 8. The van der Waals surface area contributed by atoms with Gasteiger partial charge < -0.3 is 14.8 Å². The van der Waals surface area contributed by atoms with E-state index in [0.717, 1.165) is 22.2 Å². The second-order valence-corrected chi connectivity index (χ2v) is 10.2. The smallest absolute Gasteiger partial charge is 0.298 e. The molecule has 37 heavy (non-hydrogen) atoms. The summed E-state index contributed by atoms with van der Waals surface area (Å²) in [5, 5.41) is 2.79. The van der Waals surface area contributed by atoms with Crippen molar-refractivity contribution in [1.29, 1.82) is 0 Å². The number of nitrogens with one attached hydrogen (secondary N) is 1. The number of halogens is 2. The SMILES string of the molecule is CCOc1cc(/C=C2/SC(=O)N(c3cccc(Cl)c3)C2=O)c(Br)cc1OCC(=O)Nc1ccc(C)cc1. The van der Waals surface area contributed by atoms with Crippen LogP contribution in [0, 0.1) is 6.92 Å². The van der Waals surface area contributed by atoms with Gasteiger partial charge in [0.15, 0.2) is 18.1 Å². The summed E-state index contributed by atoms with van der Waals surface area (Å²) >= 11 is 10.4. The highest BCUT2D eigenvalue weighted by Crippen LogP contribution is 2.40. The lowest BCUT2D eigenvalue weighted by Crippen LogP contribution is -2.27. The summed E-state index contributed by atoms with van der Waals surface area (Å²) in [6.45, 7) is 3.93. The maximum atomic E-state index is 13.0. The fraction of sp³-hybridized carbons (Fsp3) is 0.148. The van der Waals surface area contributed by atoms with Crippen LogP contribution in [0.25, 0.3) is 6.08 Å². The lowest BCUT2D eigenvalue weighted by Gasteiger charge is -2.14. The summed E-state index contributed by atoms with van der Waals surface area (Å²) in [4.78, 5) is 39.3. The Bertz CT molecular complexity index is 1390. The highest BCUT2D eigenvalue weighted by molar-refractivity contribution is 9.10. The molecule has 190 valence electrons. The van der Waals surface area contributed by atoms with E-state index in [1.54, 1.807) is 42.5 Å². The van der Waals surface area contributed by atoms with Gasteiger partial charge in [0.2, 0.25) is 0 Å². The predicted octanol–water partition coefficient (Wildman–Crippen LogP) is 7.07.